The van der Waals surface area contributed by atoms with Gasteiger partial charge in [0.25, 0.3) is 5.91 Å². The molecule has 1 aromatic heterocycles. The molecular weight excluding hydrogens is 518 g/mol. The van der Waals surface area contributed by atoms with Gasteiger partial charge < -0.3 is 38.8 Å². The van der Waals surface area contributed by atoms with Crippen molar-refractivity contribution in [2.45, 2.75) is 33.2 Å². The molecule has 3 heterocycles. The van der Waals surface area contributed by atoms with E-state index in [2.05, 4.69) is 4.98 Å². The van der Waals surface area contributed by atoms with Crippen LogP contribution in [0.2, 0.25) is 0 Å². The van der Waals surface area contributed by atoms with Crippen LogP contribution in [-0.2, 0) is 19.1 Å². The number of carbonyl (C=O) groups is 3. The summed E-state index contributed by atoms with van der Waals surface area (Å²) in [6.07, 6.45) is 0.633. The van der Waals surface area contributed by atoms with E-state index < -0.39 is 29.5 Å². The molecule has 11 nitrogen and oxygen atoms in total. The Balaban J connectivity index is 1.82. The van der Waals surface area contributed by atoms with Crippen LogP contribution in [-0.4, -0.2) is 87.8 Å². The minimum absolute atomic E-state index is 0.140. The molecule has 4 rings (SSSR count). The zero-order valence-corrected chi connectivity index (χ0v) is 23.7. The largest absolute Gasteiger partial charge is 0.872 e. The molecule has 2 aliphatic rings. The normalized spacial score (nSPS) is 19.2. The first-order chi connectivity index (χ1) is 19.2. The highest BCUT2D eigenvalue weighted by molar-refractivity contribution is 6.46. The van der Waals surface area contributed by atoms with Crippen LogP contribution in [0.15, 0.2) is 23.8 Å². The van der Waals surface area contributed by atoms with Crippen molar-refractivity contribution in [3.63, 3.8) is 0 Å². The SMILES string of the molecule is CCOC(=O)c1[nH]c(C)c(/C([O-])=C2\C(=O)C(=O)N(CCC[NH+]3CCOCC3)C2c2cc(OC)ccc2OC)c1C. The van der Waals surface area contributed by atoms with Crippen molar-refractivity contribution < 1.29 is 43.3 Å². The van der Waals surface area contributed by atoms with Crippen LogP contribution < -0.4 is 19.5 Å². The summed E-state index contributed by atoms with van der Waals surface area (Å²) in [5, 5.41) is 14.1. The van der Waals surface area contributed by atoms with Gasteiger partial charge in [0.15, 0.2) is 0 Å². The number of nitrogens with zero attached hydrogens (tertiary/aromatic N) is 1. The number of amides is 1. The Bertz CT molecular complexity index is 1310. The topological polar surface area (TPSA) is 135 Å². The van der Waals surface area contributed by atoms with E-state index in [1.54, 1.807) is 39.0 Å². The number of aryl methyl sites for hydroxylation is 1. The molecule has 0 radical (unpaired) electrons. The number of likely N-dealkylation sites (tertiary alicyclic amines) is 1. The van der Waals surface area contributed by atoms with E-state index in [1.807, 2.05) is 0 Å². The maximum absolute atomic E-state index is 14.1. The summed E-state index contributed by atoms with van der Waals surface area (Å²) in [6.45, 7) is 9.34. The molecule has 1 unspecified atom stereocenters. The number of nitrogens with one attached hydrogen (secondary N) is 2. The zero-order valence-electron chi connectivity index (χ0n) is 23.7. The number of Topliss-reactive ketones (excluding diaryl/α,β-unsaturated/α-hetero) is 1. The third-order valence-electron chi connectivity index (χ3n) is 7.53. The molecule has 0 bridgehead atoms. The third-order valence-corrected chi connectivity index (χ3v) is 7.53. The first-order valence-electron chi connectivity index (χ1n) is 13.5. The van der Waals surface area contributed by atoms with Gasteiger partial charge in [-0.15, -0.1) is 0 Å². The molecule has 1 atom stereocenters. The molecule has 2 N–H and O–H groups in total. The Morgan fingerprint density at radius 3 is 2.55 bits per heavy atom. The van der Waals surface area contributed by atoms with E-state index in [0.717, 1.165) is 19.6 Å². The highest BCUT2D eigenvalue weighted by Gasteiger charge is 2.45. The second kappa shape index (κ2) is 12.6. The molecule has 2 aromatic rings. The number of aromatic nitrogens is 1. The number of rotatable bonds is 10. The fourth-order valence-corrected chi connectivity index (χ4v) is 5.52. The van der Waals surface area contributed by atoms with Crippen LogP contribution in [0.3, 0.4) is 0 Å². The number of hydrogen-bond donors (Lipinski definition) is 2. The lowest BCUT2D eigenvalue weighted by molar-refractivity contribution is -0.908. The van der Waals surface area contributed by atoms with Gasteiger partial charge in [0.2, 0.25) is 5.78 Å². The average Bonchev–Trinajstić information content (AvgIpc) is 3.40. The van der Waals surface area contributed by atoms with Crippen molar-refractivity contribution in [3.8, 4) is 11.5 Å². The maximum atomic E-state index is 14.1. The molecule has 11 heteroatoms. The Morgan fingerprint density at radius 1 is 1.18 bits per heavy atom. The number of hydrogen-bond acceptors (Lipinski definition) is 8. The first-order valence-corrected chi connectivity index (χ1v) is 13.5. The zero-order chi connectivity index (χ0) is 29.0. The Labute approximate surface area is 233 Å². The Hall–Kier alpha value is -3.83. The van der Waals surface area contributed by atoms with E-state index in [-0.39, 0.29) is 30.0 Å². The van der Waals surface area contributed by atoms with Crippen molar-refractivity contribution in [2.24, 2.45) is 0 Å². The van der Waals surface area contributed by atoms with Crippen molar-refractivity contribution >= 4 is 23.4 Å². The highest BCUT2D eigenvalue weighted by Crippen LogP contribution is 2.44. The maximum Gasteiger partial charge on any atom is 0.355 e. The summed E-state index contributed by atoms with van der Waals surface area (Å²) in [5.41, 5.74) is 1.37. The highest BCUT2D eigenvalue weighted by atomic mass is 16.5. The Morgan fingerprint density at radius 2 is 1.90 bits per heavy atom. The standard InChI is InChI=1S/C29H37N3O8/c1-6-40-29(36)24-17(2)22(18(3)30-24)26(33)23-25(20-16-19(37-4)8-9-21(20)38-5)32(28(35)27(23)34)11-7-10-31-12-14-39-15-13-31/h8-9,16,25,30,33H,6-7,10-15H2,1-5H3/b26-23+. The first kappa shape index (κ1) is 29.2. The second-order valence-corrected chi connectivity index (χ2v) is 9.89. The fourth-order valence-electron chi connectivity index (χ4n) is 5.52. The minimum Gasteiger partial charge on any atom is -0.872 e. The average molecular weight is 556 g/mol. The van der Waals surface area contributed by atoms with E-state index >= 15 is 0 Å². The number of ketones is 1. The Kier molecular flexibility index (Phi) is 9.16. The van der Waals surface area contributed by atoms with Crippen LogP contribution in [0, 0.1) is 13.8 Å². The molecular formula is C29H37N3O8. The number of esters is 1. The quantitative estimate of drug-likeness (QED) is 0.186. The van der Waals surface area contributed by atoms with Gasteiger partial charge in [0, 0.05) is 29.8 Å². The van der Waals surface area contributed by atoms with Crippen LogP contribution in [0.5, 0.6) is 11.5 Å². The van der Waals surface area contributed by atoms with Crippen LogP contribution in [0.1, 0.15) is 52.3 Å². The third kappa shape index (κ3) is 5.57. The van der Waals surface area contributed by atoms with Crippen LogP contribution in [0.25, 0.3) is 5.76 Å². The number of aromatic amines is 1. The van der Waals surface area contributed by atoms with Gasteiger partial charge in [-0.1, -0.05) is 5.76 Å². The summed E-state index contributed by atoms with van der Waals surface area (Å²) < 4.78 is 21.6. The van der Waals surface area contributed by atoms with Crippen molar-refractivity contribution in [1.82, 2.24) is 9.88 Å². The summed E-state index contributed by atoms with van der Waals surface area (Å²) >= 11 is 0. The molecule has 2 fully saturated rings. The fraction of sp³-hybridized carbons (Fsp3) is 0.483. The van der Waals surface area contributed by atoms with E-state index in [1.165, 1.54) is 24.0 Å². The molecule has 0 spiro atoms. The molecule has 2 aliphatic heterocycles. The lowest BCUT2D eigenvalue weighted by atomic mass is 9.93. The summed E-state index contributed by atoms with van der Waals surface area (Å²) in [7, 11) is 3.00. The molecule has 1 amide bonds. The number of carbonyl (C=O) groups excluding carboxylic acids is 3. The van der Waals surface area contributed by atoms with E-state index in [0.29, 0.717) is 48.0 Å². The van der Waals surface area contributed by atoms with E-state index in [4.69, 9.17) is 18.9 Å². The number of ether oxygens (including phenoxy) is 4. The van der Waals surface area contributed by atoms with Gasteiger partial charge in [-0.05, 0) is 50.1 Å². The van der Waals surface area contributed by atoms with Gasteiger partial charge >= 0.3 is 5.97 Å². The lowest BCUT2D eigenvalue weighted by Gasteiger charge is -2.30. The molecule has 0 saturated carbocycles. The minimum atomic E-state index is -0.989. The van der Waals surface area contributed by atoms with Gasteiger partial charge in [-0.2, -0.15) is 0 Å². The summed E-state index contributed by atoms with van der Waals surface area (Å²) in [4.78, 5) is 45.3. The van der Waals surface area contributed by atoms with Gasteiger partial charge in [-0.3, -0.25) is 9.59 Å². The number of H-pyrrole nitrogens is 1. The predicted molar refractivity (Wildman–Crippen MR) is 143 cm³/mol. The van der Waals surface area contributed by atoms with Crippen molar-refractivity contribution in [1.29, 1.82) is 0 Å². The molecule has 216 valence electrons. The van der Waals surface area contributed by atoms with Crippen molar-refractivity contribution in [2.75, 3.05) is 60.2 Å². The lowest BCUT2D eigenvalue weighted by Crippen LogP contribution is -3.14. The molecule has 0 aliphatic carbocycles. The molecule has 1 aromatic carbocycles. The van der Waals surface area contributed by atoms with Crippen LogP contribution in [0.4, 0.5) is 0 Å². The molecule has 40 heavy (non-hydrogen) atoms. The van der Waals surface area contributed by atoms with E-state index in [9.17, 15) is 19.5 Å². The number of benzene rings is 1. The van der Waals surface area contributed by atoms with Gasteiger partial charge in [0.05, 0.1) is 46.6 Å². The van der Waals surface area contributed by atoms with Gasteiger partial charge in [-0.25, -0.2) is 4.79 Å². The second-order valence-electron chi connectivity index (χ2n) is 9.89. The summed E-state index contributed by atoms with van der Waals surface area (Å²) in [6, 6.07) is 4.09. The number of morpholine rings is 1. The van der Waals surface area contributed by atoms with Crippen molar-refractivity contribution in [3.05, 3.63) is 51.9 Å². The van der Waals surface area contributed by atoms with Crippen LogP contribution >= 0.6 is 0 Å². The monoisotopic (exact) mass is 555 g/mol. The van der Waals surface area contributed by atoms with Gasteiger partial charge in [0.1, 0.15) is 30.3 Å². The number of quaternary nitrogens is 1. The predicted octanol–water partition coefficient (Wildman–Crippen LogP) is 0.355. The molecule has 2 saturated heterocycles. The smallest absolute Gasteiger partial charge is 0.355 e. The summed E-state index contributed by atoms with van der Waals surface area (Å²) in [5.74, 6) is -1.92. The number of methoxy groups -OCH3 is 2.